The summed E-state index contributed by atoms with van der Waals surface area (Å²) in [5.74, 6) is 0.698. The van der Waals surface area contributed by atoms with Gasteiger partial charge in [0, 0.05) is 40.3 Å². The Morgan fingerprint density at radius 3 is 2.43 bits per heavy atom. The number of sulfonamides is 1. The predicted octanol–water partition coefficient (Wildman–Crippen LogP) is 6.99. The SMILES string of the molecule is CCc1cc2c(c(Cl)cc(=O)n2Cc2ccc(-c3cc(C)sc3S(=O)(=O)N(COCCOC)c3noc(C)c3C)c(C)c2)c(CC)n1. The molecule has 13 heteroatoms. The van der Waals surface area contributed by atoms with Crippen molar-refractivity contribution < 1.29 is 22.4 Å². The molecule has 4 heterocycles. The van der Waals surface area contributed by atoms with Crippen LogP contribution in [0.5, 0.6) is 0 Å². The average Bonchev–Trinajstić information content (AvgIpc) is 3.59. The topological polar surface area (TPSA) is 117 Å². The highest BCUT2D eigenvalue weighted by Gasteiger charge is 2.34. The van der Waals surface area contributed by atoms with Crippen LogP contribution in [0, 0.1) is 27.7 Å². The van der Waals surface area contributed by atoms with E-state index in [-0.39, 0.29) is 28.9 Å². The molecule has 10 nitrogen and oxygen atoms in total. The highest BCUT2D eigenvalue weighted by atomic mass is 35.5. The van der Waals surface area contributed by atoms with Gasteiger partial charge in [0.05, 0.1) is 36.0 Å². The quantitative estimate of drug-likeness (QED) is 0.0955. The third kappa shape index (κ3) is 6.88. The molecule has 5 rings (SSSR count). The summed E-state index contributed by atoms with van der Waals surface area (Å²) in [5, 5.41) is 5.25. The summed E-state index contributed by atoms with van der Waals surface area (Å²) >= 11 is 7.76. The zero-order valence-corrected chi connectivity index (χ0v) is 30.0. The smallest absolute Gasteiger partial charge is 0.277 e. The number of ether oxygens (including phenoxy) is 2. The average molecular weight is 699 g/mol. The lowest BCUT2D eigenvalue weighted by molar-refractivity contribution is 0.0753. The molecule has 0 atom stereocenters. The van der Waals surface area contributed by atoms with E-state index in [1.807, 2.05) is 58.0 Å². The highest BCUT2D eigenvalue weighted by molar-refractivity contribution is 7.95. The van der Waals surface area contributed by atoms with E-state index in [1.165, 1.54) is 17.4 Å². The summed E-state index contributed by atoms with van der Waals surface area (Å²) in [6.07, 6.45) is 1.42. The fourth-order valence-electron chi connectivity index (χ4n) is 5.54. The Labute approximate surface area is 283 Å². The molecule has 0 aliphatic carbocycles. The van der Waals surface area contributed by atoms with Gasteiger partial charge < -0.3 is 18.6 Å². The van der Waals surface area contributed by atoms with Gasteiger partial charge in [0.15, 0.2) is 5.82 Å². The lowest BCUT2D eigenvalue weighted by Gasteiger charge is -2.22. The molecule has 47 heavy (non-hydrogen) atoms. The van der Waals surface area contributed by atoms with Gasteiger partial charge in [-0.1, -0.05) is 48.8 Å². The number of hydrogen-bond donors (Lipinski definition) is 0. The molecule has 0 amide bonds. The highest BCUT2D eigenvalue weighted by Crippen LogP contribution is 2.40. The van der Waals surface area contributed by atoms with Crippen LogP contribution in [0.25, 0.3) is 22.0 Å². The molecule has 5 aromatic rings. The number of anilines is 1. The Kier molecular flexibility index (Phi) is 10.6. The number of thiophene rings is 1. The first-order valence-electron chi connectivity index (χ1n) is 15.4. The van der Waals surface area contributed by atoms with Crippen molar-refractivity contribution >= 4 is 49.7 Å². The summed E-state index contributed by atoms with van der Waals surface area (Å²) in [4.78, 5) is 18.9. The third-order valence-electron chi connectivity index (χ3n) is 8.15. The molecule has 0 bridgehead atoms. The number of methoxy groups -OCH3 is 1. The largest absolute Gasteiger partial charge is 0.382 e. The maximum absolute atomic E-state index is 14.4. The lowest BCUT2D eigenvalue weighted by Crippen LogP contribution is -2.34. The van der Waals surface area contributed by atoms with Crippen molar-refractivity contribution in [3.63, 3.8) is 0 Å². The first kappa shape index (κ1) is 34.8. The normalized spacial score (nSPS) is 11.9. The number of benzene rings is 1. The molecule has 0 aliphatic heterocycles. The van der Waals surface area contributed by atoms with Crippen molar-refractivity contribution in [1.29, 1.82) is 0 Å². The zero-order chi connectivity index (χ0) is 34.0. The lowest BCUT2D eigenvalue weighted by atomic mass is 10.00. The number of fused-ring (bicyclic) bond motifs is 1. The fraction of sp³-hybridized carbons (Fsp3) is 0.382. The van der Waals surface area contributed by atoms with Crippen molar-refractivity contribution in [1.82, 2.24) is 14.7 Å². The van der Waals surface area contributed by atoms with Crippen LogP contribution in [-0.4, -0.2) is 50.2 Å². The van der Waals surface area contributed by atoms with E-state index in [4.69, 9.17) is 30.6 Å². The van der Waals surface area contributed by atoms with Gasteiger partial charge in [-0.3, -0.25) is 9.78 Å². The van der Waals surface area contributed by atoms with Gasteiger partial charge in [-0.2, -0.15) is 0 Å². The van der Waals surface area contributed by atoms with E-state index in [0.29, 0.717) is 41.5 Å². The molecule has 0 saturated carbocycles. The molecule has 0 N–H and O–H groups in total. The van der Waals surface area contributed by atoms with Crippen LogP contribution < -0.4 is 9.86 Å². The summed E-state index contributed by atoms with van der Waals surface area (Å²) in [7, 11) is -2.58. The molecular weight excluding hydrogens is 660 g/mol. The first-order chi connectivity index (χ1) is 22.4. The summed E-state index contributed by atoms with van der Waals surface area (Å²) in [5.41, 5.74) is 6.02. The first-order valence-corrected chi connectivity index (χ1v) is 18.0. The van der Waals surface area contributed by atoms with E-state index >= 15 is 0 Å². The van der Waals surface area contributed by atoms with Crippen LogP contribution >= 0.6 is 22.9 Å². The fourth-order valence-corrected chi connectivity index (χ4v) is 8.93. The van der Waals surface area contributed by atoms with Crippen LogP contribution in [0.4, 0.5) is 5.82 Å². The minimum Gasteiger partial charge on any atom is -0.382 e. The minimum absolute atomic E-state index is 0.174. The van der Waals surface area contributed by atoms with Crippen LogP contribution in [0.2, 0.25) is 5.02 Å². The van der Waals surface area contributed by atoms with Crippen molar-refractivity contribution in [2.75, 3.05) is 31.4 Å². The Hall–Kier alpha value is -3.55. The van der Waals surface area contributed by atoms with Crippen LogP contribution in [0.3, 0.4) is 0 Å². The predicted molar refractivity (Wildman–Crippen MR) is 186 cm³/mol. The standard InChI is InChI=1S/C34H39ClN4O6S2/c1-8-25-16-30-32(29(9-2)36-25)28(35)17-31(40)38(30)18-24-10-11-26(20(3)14-24)27-15-21(4)46-34(27)47(41,42)39(19-44-13-12-43-7)33-22(5)23(6)45-37-33/h10-11,14-17H,8-9,12-13,18-19H2,1-7H3. The second-order valence-electron chi connectivity index (χ2n) is 11.4. The number of nitrogens with zero attached hydrogens (tertiary/aromatic N) is 4. The summed E-state index contributed by atoms with van der Waals surface area (Å²) < 4.78 is 47.9. The molecule has 1 aromatic carbocycles. The minimum atomic E-state index is -4.13. The summed E-state index contributed by atoms with van der Waals surface area (Å²) in [6, 6.07) is 11.1. The second kappa shape index (κ2) is 14.3. The molecule has 0 spiro atoms. The van der Waals surface area contributed by atoms with Gasteiger partial charge in [0.1, 0.15) is 16.7 Å². The Morgan fingerprint density at radius 1 is 1.02 bits per heavy atom. The Morgan fingerprint density at radius 2 is 1.79 bits per heavy atom. The molecule has 0 aliphatic rings. The molecule has 0 saturated heterocycles. The number of hydrogen-bond acceptors (Lipinski definition) is 9. The molecule has 0 radical (unpaired) electrons. The third-order valence-corrected chi connectivity index (χ3v) is 11.7. The maximum Gasteiger partial charge on any atom is 0.277 e. The van der Waals surface area contributed by atoms with Crippen molar-refractivity contribution in [3.05, 3.63) is 90.5 Å². The number of aromatic nitrogens is 3. The zero-order valence-electron chi connectivity index (χ0n) is 27.6. The van der Waals surface area contributed by atoms with E-state index in [9.17, 15) is 13.2 Å². The van der Waals surface area contributed by atoms with E-state index < -0.39 is 10.0 Å². The van der Waals surface area contributed by atoms with Gasteiger partial charge in [-0.25, -0.2) is 12.7 Å². The Bertz CT molecular complexity index is 2100. The van der Waals surface area contributed by atoms with Crippen molar-refractivity contribution in [2.45, 2.75) is 65.1 Å². The molecule has 250 valence electrons. The molecule has 4 aromatic heterocycles. The van der Waals surface area contributed by atoms with Gasteiger partial charge in [0.25, 0.3) is 15.6 Å². The number of rotatable bonds is 13. The van der Waals surface area contributed by atoms with Crippen LogP contribution in [-0.2, 0) is 38.9 Å². The number of aryl methyl sites for hydroxylation is 5. The van der Waals surface area contributed by atoms with E-state index in [2.05, 4.69) is 5.16 Å². The van der Waals surface area contributed by atoms with Gasteiger partial charge >= 0.3 is 0 Å². The van der Waals surface area contributed by atoms with Crippen LogP contribution in [0.15, 0.2) is 49.9 Å². The van der Waals surface area contributed by atoms with Crippen molar-refractivity contribution in [2.24, 2.45) is 0 Å². The van der Waals surface area contributed by atoms with E-state index in [0.717, 1.165) is 54.6 Å². The molecule has 0 fully saturated rings. The molecule has 0 unspecified atom stereocenters. The monoisotopic (exact) mass is 698 g/mol. The number of halogens is 1. The van der Waals surface area contributed by atoms with Gasteiger partial charge in [-0.15, -0.1) is 11.3 Å². The van der Waals surface area contributed by atoms with Crippen LogP contribution in [0.1, 0.15) is 52.6 Å². The second-order valence-corrected chi connectivity index (χ2v) is 15.1. The number of pyridine rings is 2. The maximum atomic E-state index is 14.4. The Balaban J connectivity index is 1.55. The van der Waals surface area contributed by atoms with Crippen molar-refractivity contribution in [3.8, 4) is 11.1 Å². The molecular formula is C34H39ClN4O6S2. The van der Waals surface area contributed by atoms with Gasteiger partial charge in [-0.05, 0) is 69.4 Å². The van der Waals surface area contributed by atoms with Gasteiger partial charge in [0.2, 0.25) is 0 Å². The van der Waals surface area contributed by atoms with E-state index in [1.54, 1.807) is 25.5 Å². The summed E-state index contributed by atoms with van der Waals surface area (Å²) in [6.45, 7) is 11.9.